The minimum absolute atomic E-state index is 0.177. The molecule has 1 heterocycles. The smallest absolute Gasteiger partial charge is 0.291 e. The summed E-state index contributed by atoms with van der Waals surface area (Å²) in [6.07, 6.45) is 0. The molecule has 1 aromatic carbocycles. The van der Waals surface area contributed by atoms with Crippen LogP contribution in [0.5, 0.6) is 0 Å². The van der Waals surface area contributed by atoms with Gasteiger partial charge in [-0.15, -0.1) is 0 Å². The van der Waals surface area contributed by atoms with E-state index in [1.165, 1.54) is 6.07 Å². The van der Waals surface area contributed by atoms with Crippen molar-refractivity contribution >= 4 is 33.2 Å². The Morgan fingerprint density at radius 2 is 1.89 bits per heavy atom. The average Bonchev–Trinajstić information content (AvgIpc) is 2.81. The van der Waals surface area contributed by atoms with Gasteiger partial charge >= 0.3 is 0 Å². The Labute approximate surface area is 114 Å². The lowest BCUT2D eigenvalue weighted by atomic mass is 10.3. The number of amides is 1. The van der Waals surface area contributed by atoms with E-state index in [9.17, 15) is 13.2 Å². The molecule has 0 unspecified atom stereocenters. The highest BCUT2D eigenvalue weighted by Gasteiger charge is 2.18. The number of halogens is 1. The lowest BCUT2D eigenvalue weighted by Crippen LogP contribution is -2.12. The molecule has 0 fully saturated rings. The van der Waals surface area contributed by atoms with Crippen molar-refractivity contribution in [1.29, 1.82) is 0 Å². The van der Waals surface area contributed by atoms with Crippen LogP contribution in [0.1, 0.15) is 10.6 Å². The van der Waals surface area contributed by atoms with Crippen molar-refractivity contribution in [3.8, 4) is 0 Å². The fraction of sp³-hybridized carbons (Fsp3) is 0. The van der Waals surface area contributed by atoms with Gasteiger partial charge in [0.1, 0.15) is 0 Å². The highest BCUT2D eigenvalue weighted by molar-refractivity contribution is 7.89. The van der Waals surface area contributed by atoms with Crippen LogP contribution >= 0.6 is 11.6 Å². The molecule has 0 aliphatic carbocycles. The first-order valence-corrected chi connectivity index (χ1v) is 6.99. The van der Waals surface area contributed by atoms with Crippen molar-refractivity contribution in [1.82, 2.24) is 0 Å². The maximum Gasteiger partial charge on any atom is 0.291 e. The number of furan rings is 1. The van der Waals surface area contributed by atoms with Gasteiger partial charge in [-0.3, -0.25) is 4.79 Å². The number of primary sulfonamides is 1. The molecule has 0 saturated carbocycles. The third kappa shape index (κ3) is 3.14. The summed E-state index contributed by atoms with van der Waals surface area (Å²) in [5.74, 6) is -0.799. The summed E-state index contributed by atoms with van der Waals surface area (Å²) in [4.78, 5) is 11.8. The molecular weight excluding hydrogens is 292 g/mol. The van der Waals surface area contributed by atoms with Crippen LogP contribution in [0.2, 0.25) is 5.02 Å². The van der Waals surface area contributed by atoms with Crippen molar-refractivity contribution in [2.45, 2.75) is 5.09 Å². The Bertz CT molecular complexity index is 724. The van der Waals surface area contributed by atoms with Crippen LogP contribution in [0.25, 0.3) is 0 Å². The van der Waals surface area contributed by atoms with E-state index in [2.05, 4.69) is 5.32 Å². The fourth-order valence-electron chi connectivity index (χ4n) is 1.34. The average molecular weight is 301 g/mol. The molecule has 0 bridgehead atoms. The van der Waals surface area contributed by atoms with E-state index < -0.39 is 21.0 Å². The first kappa shape index (κ1) is 13.6. The lowest BCUT2D eigenvalue weighted by molar-refractivity contribution is 0.0991. The number of nitrogens with one attached hydrogen (secondary N) is 1. The molecule has 1 aromatic heterocycles. The highest BCUT2D eigenvalue weighted by atomic mass is 35.5. The van der Waals surface area contributed by atoms with E-state index in [-0.39, 0.29) is 5.76 Å². The number of sulfonamides is 1. The number of carbonyl (C=O) groups is 1. The molecule has 0 spiro atoms. The maximum absolute atomic E-state index is 11.8. The molecule has 0 atom stereocenters. The van der Waals surface area contributed by atoms with Gasteiger partial charge in [0.25, 0.3) is 15.9 Å². The molecule has 0 radical (unpaired) electrons. The molecule has 2 rings (SSSR count). The molecule has 100 valence electrons. The molecule has 19 heavy (non-hydrogen) atoms. The number of anilines is 1. The van der Waals surface area contributed by atoms with Crippen LogP contribution in [0.3, 0.4) is 0 Å². The second-order valence-electron chi connectivity index (χ2n) is 3.60. The number of benzene rings is 1. The number of rotatable bonds is 3. The zero-order valence-electron chi connectivity index (χ0n) is 9.46. The van der Waals surface area contributed by atoms with Gasteiger partial charge in [0.15, 0.2) is 5.76 Å². The van der Waals surface area contributed by atoms with Gasteiger partial charge < -0.3 is 9.73 Å². The molecule has 3 N–H and O–H groups in total. The van der Waals surface area contributed by atoms with Crippen molar-refractivity contribution in [3.05, 3.63) is 47.2 Å². The van der Waals surface area contributed by atoms with Gasteiger partial charge in [0, 0.05) is 0 Å². The fourth-order valence-corrected chi connectivity index (χ4v) is 1.99. The van der Waals surface area contributed by atoms with Crippen molar-refractivity contribution in [3.63, 3.8) is 0 Å². The van der Waals surface area contributed by atoms with Crippen LogP contribution in [-0.2, 0) is 10.0 Å². The molecule has 0 aliphatic rings. The summed E-state index contributed by atoms with van der Waals surface area (Å²) in [5, 5.41) is 7.24. The topological polar surface area (TPSA) is 102 Å². The molecule has 6 nitrogen and oxygen atoms in total. The Morgan fingerprint density at radius 1 is 1.21 bits per heavy atom. The number of carbonyl (C=O) groups excluding carboxylic acids is 1. The van der Waals surface area contributed by atoms with E-state index in [0.29, 0.717) is 10.7 Å². The summed E-state index contributed by atoms with van der Waals surface area (Å²) in [7, 11) is -3.97. The molecule has 2 aromatic rings. The third-order valence-electron chi connectivity index (χ3n) is 2.21. The molecule has 8 heteroatoms. The molecule has 0 aliphatic heterocycles. The standard InChI is InChI=1S/C11H9ClN2O4S/c12-7-3-1-2-4-8(7)14-11(15)9-5-6-10(18-9)19(13,16)17/h1-6H,(H,14,15)(H2,13,16,17). The monoisotopic (exact) mass is 300 g/mol. The third-order valence-corrected chi connectivity index (χ3v) is 3.32. The van der Waals surface area contributed by atoms with E-state index in [0.717, 1.165) is 6.07 Å². The van der Waals surface area contributed by atoms with Crippen LogP contribution in [0.4, 0.5) is 5.69 Å². The van der Waals surface area contributed by atoms with Gasteiger partial charge in [-0.2, -0.15) is 0 Å². The quantitative estimate of drug-likeness (QED) is 0.902. The Morgan fingerprint density at radius 3 is 2.47 bits per heavy atom. The summed E-state index contributed by atoms with van der Waals surface area (Å²) < 4.78 is 26.9. The number of hydrogen-bond donors (Lipinski definition) is 2. The van der Waals surface area contributed by atoms with E-state index in [4.69, 9.17) is 21.2 Å². The van der Waals surface area contributed by atoms with Gasteiger partial charge in [-0.1, -0.05) is 23.7 Å². The Hall–Kier alpha value is -1.83. The second kappa shape index (κ2) is 5.04. The Balaban J connectivity index is 2.22. The summed E-state index contributed by atoms with van der Waals surface area (Å²) in [5.41, 5.74) is 0.391. The largest absolute Gasteiger partial charge is 0.438 e. The normalized spacial score (nSPS) is 11.3. The molecule has 1 amide bonds. The maximum atomic E-state index is 11.8. The van der Waals surface area contributed by atoms with Gasteiger partial charge in [-0.05, 0) is 24.3 Å². The number of para-hydroxylation sites is 1. The zero-order valence-corrected chi connectivity index (χ0v) is 11.0. The number of hydrogen-bond acceptors (Lipinski definition) is 4. The predicted octanol–water partition coefficient (Wildman–Crippen LogP) is 1.83. The second-order valence-corrected chi connectivity index (χ2v) is 5.50. The predicted molar refractivity (Wildman–Crippen MR) is 69.5 cm³/mol. The first-order chi connectivity index (χ1) is 8.88. The van der Waals surface area contributed by atoms with Crippen LogP contribution in [0.15, 0.2) is 45.9 Å². The summed E-state index contributed by atoms with van der Waals surface area (Å²) >= 11 is 5.87. The Kier molecular flexibility index (Phi) is 3.61. The van der Waals surface area contributed by atoms with Crippen LogP contribution < -0.4 is 10.5 Å². The van der Waals surface area contributed by atoms with Crippen molar-refractivity contribution in [2.24, 2.45) is 5.14 Å². The van der Waals surface area contributed by atoms with Crippen molar-refractivity contribution in [2.75, 3.05) is 5.32 Å². The van der Waals surface area contributed by atoms with Crippen LogP contribution in [0, 0.1) is 0 Å². The minimum Gasteiger partial charge on any atom is -0.438 e. The SMILES string of the molecule is NS(=O)(=O)c1ccc(C(=O)Nc2ccccc2Cl)o1. The van der Waals surface area contributed by atoms with Crippen molar-refractivity contribution < 1.29 is 17.6 Å². The van der Waals surface area contributed by atoms with Gasteiger partial charge in [-0.25, -0.2) is 13.6 Å². The van der Waals surface area contributed by atoms with Gasteiger partial charge in [0.05, 0.1) is 10.7 Å². The van der Waals surface area contributed by atoms with E-state index >= 15 is 0 Å². The summed E-state index contributed by atoms with van der Waals surface area (Å²) in [6.45, 7) is 0. The summed E-state index contributed by atoms with van der Waals surface area (Å²) in [6, 6.07) is 8.94. The molecular formula is C11H9ClN2O4S. The highest BCUT2D eigenvalue weighted by Crippen LogP contribution is 2.21. The van der Waals surface area contributed by atoms with E-state index in [1.54, 1.807) is 24.3 Å². The lowest BCUT2D eigenvalue weighted by Gasteiger charge is -2.04. The minimum atomic E-state index is -3.97. The van der Waals surface area contributed by atoms with E-state index in [1.807, 2.05) is 0 Å². The molecule has 0 saturated heterocycles. The van der Waals surface area contributed by atoms with Gasteiger partial charge in [0.2, 0.25) is 5.09 Å². The number of nitrogens with two attached hydrogens (primary N) is 1. The zero-order chi connectivity index (χ0) is 14.0. The first-order valence-electron chi connectivity index (χ1n) is 5.06. The van der Waals surface area contributed by atoms with Crippen LogP contribution in [-0.4, -0.2) is 14.3 Å².